The van der Waals surface area contributed by atoms with Gasteiger partial charge in [0.15, 0.2) is 5.82 Å². The lowest BCUT2D eigenvalue weighted by atomic mass is 10.1. The largest absolute Gasteiger partial charge is 0.497 e. The third-order valence-corrected chi connectivity index (χ3v) is 5.24. The van der Waals surface area contributed by atoms with Crippen LogP contribution in [0.25, 0.3) is 21.6 Å². The van der Waals surface area contributed by atoms with E-state index in [9.17, 15) is 0 Å². The van der Waals surface area contributed by atoms with Crippen LogP contribution in [0.5, 0.6) is 5.75 Å². The van der Waals surface area contributed by atoms with Gasteiger partial charge in [-0.15, -0.1) is 11.3 Å². The van der Waals surface area contributed by atoms with Crippen molar-refractivity contribution < 1.29 is 4.74 Å². The average molecular weight is 339 g/mol. The second kappa shape index (κ2) is 5.44. The lowest BCUT2D eigenvalue weighted by molar-refractivity contribution is 0.415. The Bertz CT molecular complexity index is 845. The fourth-order valence-electron chi connectivity index (χ4n) is 2.14. The van der Waals surface area contributed by atoms with Crippen molar-refractivity contribution in [2.75, 3.05) is 7.11 Å². The van der Waals surface area contributed by atoms with Crippen LogP contribution in [0.3, 0.4) is 0 Å². The van der Waals surface area contributed by atoms with Crippen LogP contribution in [-0.4, -0.2) is 17.1 Å². The molecule has 0 aliphatic rings. The summed E-state index contributed by atoms with van der Waals surface area (Å²) < 4.78 is 5.26. The number of halogens is 2. The second-order valence-electron chi connectivity index (χ2n) is 4.74. The molecule has 108 valence electrons. The van der Waals surface area contributed by atoms with Gasteiger partial charge in [0.25, 0.3) is 0 Å². The van der Waals surface area contributed by atoms with E-state index < -0.39 is 0 Å². The van der Waals surface area contributed by atoms with Crippen molar-refractivity contribution in [2.45, 2.75) is 13.8 Å². The minimum atomic E-state index is 0.402. The molecular weight excluding hydrogens is 327 g/mol. The molecule has 0 radical (unpaired) electrons. The monoisotopic (exact) mass is 338 g/mol. The predicted molar refractivity (Wildman–Crippen MR) is 88.9 cm³/mol. The van der Waals surface area contributed by atoms with Gasteiger partial charge in [-0.1, -0.05) is 23.2 Å². The molecule has 0 aliphatic heterocycles. The molecule has 0 atom stereocenters. The zero-order valence-electron chi connectivity index (χ0n) is 11.7. The summed E-state index contributed by atoms with van der Waals surface area (Å²) in [5.41, 5.74) is 2.81. The number of rotatable bonds is 2. The maximum absolute atomic E-state index is 6.33. The molecule has 21 heavy (non-hydrogen) atoms. The van der Waals surface area contributed by atoms with Crippen molar-refractivity contribution in [3.8, 4) is 16.5 Å². The van der Waals surface area contributed by atoms with Gasteiger partial charge in [-0.2, -0.15) is 0 Å². The maximum Gasteiger partial charge on any atom is 0.173 e. The molecule has 0 aliphatic carbocycles. The Hall–Kier alpha value is -1.36. The average Bonchev–Trinajstić information content (AvgIpc) is 2.79. The Morgan fingerprint density at radius 1 is 1.10 bits per heavy atom. The molecule has 2 aromatic heterocycles. The number of thiophene rings is 1. The topological polar surface area (TPSA) is 35.0 Å². The summed E-state index contributed by atoms with van der Waals surface area (Å²) in [6.07, 6.45) is 0. The number of ether oxygens (including phenoxy) is 1. The fourth-order valence-corrected chi connectivity index (χ4v) is 3.57. The number of hydrogen-bond acceptors (Lipinski definition) is 4. The van der Waals surface area contributed by atoms with Crippen LogP contribution in [0.15, 0.2) is 17.5 Å². The number of hydrogen-bond donors (Lipinski definition) is 0. The highest BCUT2D eigenvalue weighted by Crippen LogP contribution is 2.37. The summed E-state index contributed by atoms with van der Waals surface area (Å²) in [7, 11) is 1.62. The van der Waals surface area contributed by atoms with Crippen molar-refractivity contribution in [3.05, 3.63) is 38.8 Å². The molecule has 0 saturated heterocycles. The standard InChI is InChI=1S/C15H12Cl2N2OS/c1-7-4-9(20-3)5-10-12(7)18-15(19-14(10)17)13-11(16)8(2)6-21-13/h4-6H,1-3H3. The van der Waals surface area contributed by atoms with E-state index in [1.807, 2.05) is 31.4 Å². The normalized spacial score (nSPS) is 11.1. The minimum absolute atomic E-state index is 0.402. The highest BCUT2D eigenvalue weighted by molar-refractivity contribution is 7.14. The lowest BCUT2D eigenvalue weighted by Gasteiger charge is -2.08. The molecule has 3 rings (SSSR count). The third kappa shape index (κ3) is 2.48. The van der Waals surface area contributed by atoms with Crippen LogP contribution in [0, 0.1) is 13.8 Å². The SMILES string of the molecule is COc1cc(C)c2nc(-c3scc(C)c3Cl)nc(Cl)c2c1. The molecule has 0 saturated carbocycles. The van der Waals surface area contributed by atoms with Crippen LogP contribution in [0.2, 0.25) is 10.2 Å². The number of aromatic nitrogens is 2. The van der Waals surface area contributed by atoms with Crippen LogP contribution < -0.4 is 4.74 Å². The number of methoxy groups -OCH3 is 1. The highest BCUT2D eigenvalue weighted by atomic mass is 35.5. The zero-order chi connectivity index (χ0) is 15.1. The fraction of sp³-hybridized carbons (Fsp3) is 0.200. The molecule has 0 fully saturated rings. The Balaban J connectivity index is 2.28. The van der Waals surface area contributed by atoms with Crippen molar-refractivity contribution in [3.63, 3.8) is 0 Å². The van der Waals surface area contributed by atoms with Gasteiger partial charge in [-0.3, -0.25) is 0 Å². The van der Waals surface area contributed by atoms with Crippen LogP contribution in [0.4, 0.5) is 0 Å². The van der Waals surface area contributed by atoms with Crippen LogP contribution >= 0.6 is 34.5 Å². The molecule has 1 aromatic carbocycles. The molecule has 3 nitrogen and oxygen atoms in total. The smallest absolute Gasteiger partial charge is 0.173 e. The van der Waals surface area contributed by atoms with Crippen molar-refractivity contribution >= 4 is 45.4 Å². The summed E-state index contributed by atoms with van der Waals surface area (Å²) >= 11 is 14.1. The van der Waals surface area contributed by atoms with E-state index >= 15 is 0 Å². The second-order valence-corrected chi connectivity index (χ2v) is 6.36. The Labute approximate surface area is 136 Å². The quantitative estimate of drug-likeness (QED) is 0.595. The van der Waals surface area contributed by atoms with Gasteiger partial charge >= 0.3 is 0 Å². The van der Waals surface area contributed by atoms with Gasteiger partial charge in [-0.25, -0.2) is 9.97 Å². The number of fused-ring (bicyclic) bond motifs is 1. The van der Waals surface area contributed by atoms with Gasteiger partial charge in [0.05, 0.1) is 22.5 Å². The van der Waals surface area contributed by atoms with Crippen LogP contribution in [0.1, 0.15) is 11.1 Å². The van der Waals surface area contributed by atoms with Crippen molar-refractivity contribution in [2.24, 2.45) is 0 Å². The first-order chi connectivity index (χ1) is 10.0. The molecule has 0 amide bonds. The number of benzene rings is 1. The summed E-state index contributed by atoms with van der Waals surface area (Å²) in [4.78, 5) is 9.86. The first-order valence-electron chi connectivity index (χ1n) is 6.27. The number of aryl methyl sites for hydroxylation is 2. The van der Waals surface area contributed by atoms with Gasteiger partial charge in [0.2, 0.25) is 0 Å². The maximum atomic E-state index is 6.33. The van der Waals surface area contributed by atoms with E-state index in [2.05, 4.69) is 9.97 Å². The highest BCUT2D eigenvalue weighted by Gasteiger charge is 2.15. The van der Waals surface area contributed by atoms with Gasteiger partial charge in [0.1, 0.15) is 10.9 Å². The Morgan fingerprint density at radius 2 is 1.86 bits per heavy atom. The van der Waals surface area contributed by atoms with Gasteiger partial charge < -0.3 is 4.74 Å². The lowest BCUT2D eigenvalue weighted by Crippen LogP contribution is -1.94. The molecule has 0 unspecified atom stereocenters. The van der Waals surface area contributed by atoms with E-state index in [0.717, 1.165) is 32.7 Å². The first kappa shape index (κ1) is 14.6. The van der Waals surface area contributed by atoms with E-state index in [0.29, 0.717) is 16.0 Å². The summed E-state index contributed by atoms with van der Waals surface area (Å²) in [5, 5.41) is 3.85. The Kier molecular flexibility index (Phi) is 3.78. The summed E-state index contributed by atoms with van der Waals surface area (Å²) in [6.45, 7) is 3.93. The molecule has 0 spiro atoms. The van der Waals surface area contributed by atoms with E-state index in [1.54, 1.807) is 7.11 Å². The molecule has 6 heteroatoms. The van der Waals surface area contributed by atoms with E-state index in [4.69, 9.17) is 27.9 Å². The zero-order valence-corrected chi connectivity index (χ0v) is 14.0. The van der Waals surface area contributed by atoms with Gasteiger partial charge in [0, 0.05) is 5.39 Å². The van der Waals surface area contributed by atoms with E-state index in [-0.39, 0.29) is 0 Å². The third-order valence-electron chi connectivity index (χ3n) is 3.26. The molecule has 0 bridgehead atoms. The summed E-state index contributed by atoms with van der Waals surface area (Å²) in [6, 6.07) is 3.77. The predicted octanol–water partition coefficient (Wildman–Crippen LogP) is 5.29. The summed E-state index contributed by atoms with van der Waals surface area (Å²) in [5.74, 6) is 1.30. The number of nitrogens with zero attached hydrogens (tertiary/aromatic N) is 2. The Morgan fingerprint density at radius 3 is 2.48 bits per heavy atom. The molecule has 3 aromatic rings. The van der Waals surface area contributed by atoms with E-state index in [1.165, 1.54) is 11.3 Å². The molecule has 0 N–H and O–H groups in total. The van der Waals surface area contributed by atoms with Gasteiger partial charge in [-0.05, 0) is 42.5 Å². The first-order valence-corrected chi connectivity index (χ1v) is 7.90. The van der Waals surface area contributed by atoms with Crippen molar-refractivity contribution in [1.29, 1.82) is 0 Å². The molecule has 2 heterocycles. The molecular formula is C15H12Cl2N2OS. The van der Waals surface area contributed by atoms with Crippen LogP contribution in [-0.2, 0) is 0 Å². The minimum Gasteiger partial charge on any atom is -0.497 e. The van der Waals surface area contributed by atoms with Crippen molar-refractivity contribution in [1.82, 2.24) is 9.97 Å².